The van der Waals surface area contributed by atoms with Crippen LogP contribution >= 0.6 is 11.8 Å². The van der Waals surface area contributed by atoms with Gasteiger partial charge in [-0.25, -0.2) is 0 Å². The van der Waals surface area contributed by atoms with Crippen molar-refractivity contribution in [3.63, 3.8) is 0 Å². The van der Waals surface area contributed by atoms with Gasteiger partial charge in [-0.2, -0.15) is 5.26 Å². The minimum atomic E-state index is -0.411. The highest BCUT2D eigenvalue weighted by molar-refractivity contribution is 8.00. The highest BCUT2D eigenvalue weighted by atomic mass is 32.2. The van der Waals surface area contributed by atoms with Crippen molar-refractivity contribution in [3.8, 4) is 6.07 Å². The summed E-state index contributed by atoms with van der Waals surface area (Å²) >= 11 is 1.40. The van der Waals surface area contributed by atoms with Gasteiger partial charge in [-0.3, -0.25) is 9.36 Å². The monoisotopic (exact) mass is 490 g/mol. The molecule has 8 nitrogen and oxygen atoms in total. The van der Waals surface area contributed by atoms with Crippen molar-refractivity contribution in [3.05, 3.63) is 65.7 Å². The molecule has 182 valence electrons. The van der Waals surface area contributed by atoms with Gasteiger partial charge in [0, 0.05) is 25.3 Å². The Morgan fingerprint density at radius 3 is 2.54 bits per heavy atom. The lowest BCUT2D eigenvalue weighted by atomic mass is 10.2. The molecule has 1 unspecified atom stereocenters. The molecule has 4 rings (SSSR count). The third-order valence-electron chi connectivity index (χ3n) is 5.86. The van der Waals surface area contributed by atoms with Gasteiger partial charge in [0.05, 0.1) is 37.5 Å². The van der Waals surface area contributed by atoms with Crippen LogP contribution in [0.2, 0.25) is 0 Å². The second kappa shape index (κ2) is 11.9. The van der Waals surface area contributed by atoms with E-state index in [2.05, 4.69) is 37.9 Å². The summed E-state index contributed by atoms with van der Waals surface area (Å²) in [5.74, 6) is 0.732. The quantitative estimate of drug-likeness (QED) is 0.421. The van der Waals surface area contributed by atoms with Gasteiger partial charge >= 0.3 is 0 Å². The van der Waals surface area contributed by atoms with Crippen LogP contribution in [0.1, 0.15) is 24.5 Å². The minimum Gasteiger partial charge on any atom is -0.378 e. The van der Waals surface area contributed by atoms with E-state index in [4.69, 9.17) is 10.00 Å². The molecule has 0 radical (unpaired) electrons. The van der Waals surface area contributed by atoms with Crippen molar-refractivity contribution >= 4 is 29.3 Å². The fourth-order valence-electron chi connectivity index (χ4n) is 3.95. The van der Waals surface area contributed by atoms with Gasteiger partial charge in [-0.1, -0.05) is 59.8 Å². The highest BCUT2D eigenvalue weighted by Crippen LogP contribution is 2.29. The fraction of sp³-hybridized carbons (Fsp3) is 0.385. The summed E-state index contributed by atoms with van der Waals surface area (Å²) in [5.41, 5.74) is 3.05. The Morgan fingerprint density at radius 1 is 1.14 bits per heavy atom. The third-order valence-corrected chi connectivity index (χ3v) is 6.93. The lowest BCUT2D eigenvalue weighted by Crippen LogP contribution is -2.38. The third kappa shape index (κ3) is 6.21. The van der Waals surface area contributed by atoms with E-state index in [-0.39, 0.29) is 12.3 Å². The largest absolute Gasteiger partial charge is 0.378 e. The van der Waals surface area contributed by atoms with E-state index in [1.54, 1.807) is 4.90 Å². The first-order valence-electron chi connectivity index (χ1n) is 11.8. The highest BCUT2D eigenvalue weighted by Gasteiger charge is 2.27. The molecular weight excluding hydrogens is 460 g/mol. The Bertz CT molecular complexity index is 1150. The molecule has 1 aliphatic heterocycles. The number of carbonyl (C=O) groups excluding carboxylic acids is 1. The Morgan fingerprint density at radius 2 is 1.86 bits per heavy atom. The standard InChI is InChI=1S/C26H30N6O2S/c1-20-9-11-23(12-10-20)31(14-6-13-27)24(33)21(2)35-26-29-28-25(30-15-17-34-18-16-30)32(26)19-22-7-4-3-5-8-22/h3-5,7-12,21H,6,14-19H2,1-2H3. The van der Waals surface area contributed by atoms with Gasteiger partial charge in [0.25, 0.3) is 0 Å². The van der Waals surface area contributed by atoms with Gasteiger partial charge in [0.2, 0.25) is 11.9 Å². The fourth-order valence-corrected chi connectivity index (χ4v) is 4.86. The number of amides is 1. The van der Waals surface area contributed by atoms with E-state index >= 15 is 0 Å². The lowest BCUT2D eigenvalue weighted by Gasteiger charge is -2.28. The zero-order valence-corrected chi connectivity index (χ0v) is 20.9. The summed E-state index contributed by atoms with van der Waals surface area (Å²) < 4.78 is 7.60. The molecule has 35 heavy (non-hydrogen) atoms. The number of aryl methyl sites for hydroxylation is 1. The smallest absolute Gasteiger partial charge is 0.240 e. The molecule has 0 spiro atoms. The number of nitrogens with zero attached hydrogens (tertiary/aromatic N) is 6. The number of nitriles is 1. The van der Waals surface area contributed by atoms with Crippen LogP contribution in [0.3, 0.4) is 0 Å². The molecule has 0 bridgehead atoms. The molecular formula is C26H30N6O2S. The maximum Gasteiger partial charge on any atom is 0.240 e. The zero-order valence-electron chi connectivity index (χ0n) is 20.1. The second-order valence-corrected chi connectivity index (χ2v) is 9.76. The molecule has 1 amide bonds. The second-order valence-electron chi connectivity index (χ2n) is 8.45. The number of rotatable bonds is 9. The summed E-state index contributed by atoms with van der Waals surface area (Å²) in [6.07, 6.45) is 0.266. The van der Waals surface area contributed by atoms with Gasteiger partial charge in [-0.05, 0) is 31.5 Å². The number of anilines is 2. The predicted octanol–water partition coefficient (Wildman–Crippen LogP) is 3.90. The van der Waals surface area contributed by atoms with Crippen LogP contribution in [-0.2, 0) is 16.1 Å². The molecule has 2 aromatic carbocycles. The van der Waals surface area contributed by atoms with Crippen LogP contribution in [0, 0.1) is 18.3 Å². The molecule has 1 atom stereocenters. The average Bonchev–Trinajstić information content (AvgIpc) is 3.28. The normalized spacial score (nSPS) is 14.4. The molecule has 3 aromatic rings. The van der Waals surface area contributed by atoms with Gasteiger partial charge < -0.3 is 14.5 Å². The average molecular weight is 491 g/mol. The number of hydrogen-bond acceptors (Lipinski definition) is 7. The van der Waals surface area contributed by atoms with Gasteiger partial charge in [0.15, 0.2) is 5.16 Å². The molecule has 1 saturated heterocycles. The molecule has 9 heteroatoms. The Kier molecular flexibility index (Phi) is 8.40. The van der Waals surface area contributed by atoms with Crippen LogP contribution in [0.15, 0.2) is 59.8 Å². The minimum absolute atomic E-state index is 0.0590. The SMILES string of the molecule is Cc1ccc(N(CCC#N)C(=O)C(C)Sc2nnc(N3CCOCC3)n2Cc2ccccc2)cc1. The van der Waals surface area contributed by atoms with Crippen molar-refractivity contribution in [1.29, 1.82) is 5.26 Å². The van der Waals surface area contributed by atoms with E-state index in [9.17, 15) is 4.79 Å². The molecule has 0 aliphatic carbocycles. The Labute approximate surface area is 210 Å². The molecule has 0 N–H and O–H groups in total. The first-order valence-corrected chi connectivity index (χ1v) is 12.7. The summed E-state index contributed by atoms with van der Waals surface area (Å²) in [6.45, 7) is 7.66. The van der Waals surface area contributed by atoms with Crippen molar-refractivity contribution in [2.75, 3.05) is 42.6 Å². The first-order chi connectivity index (χ1) is 17.1. The number of thioether (sulfide) groups is 1. The molecule has 0 saturated carbocycles. The number of aromatic nitrogens is 3. The number of morpholine rings is 1. The van der Waals surface area contributed by atoms with Crippen LogP contribution < -0.4 is 9.80 Å². The molecule has 1 aromatic heterocycles. The molecule has 1 fully saturated rings. The van der Waals surface area contributed by atoms with Crippen molar-refractivity contribution < 1.29 is 9.53 Å². The maximum atomic E-state index is 13.5. The molecule has 2 heterocycles. The summed E-state index contributed by atoms with van der Waals surface area (Å²) in [4.78, 5) is 17.4. The number of carbonyl (C=O) groups is 1. The van der Waals surface area contributed by atoms with E-state index in [0.717, 1.165) is 35.9 Å². The van der Waals surface area contributed by atoms with Gasteiger partial charge in [-0.15, -0.1) is 10.2 Å². The summed E-state index contributed by atoms with van der Waals surface area (Å²) in [5, 5.41) is 18.4. The van der Waals surface area contributed by atoms with Crippen LogP contribution in [0.4, 0.5) is 11.6 Å². The topological polar surface area (TPSA) is 87.3 Å². The van der Waals surface area contributed by atoms with Crippen molar-refractivity contribution in [1.82, 2.24) is 14.8 Å². The Balaban J connectivity index is 1.58. The summed E-state index contributed by atoms with van der Waals surface area (Å²) in [6, 6.07) is 20.1. The summed E-state index contributed by atoms with van der Waals surface area (Å²) in [7, 11) is 0. The lowest BCUT2D eigenvalue weighted by molar-refractivity contribution is -0.117. The number of hydrogen-bond donors (Lipinski definition) is 0. The van der Waals surface area contributed by atoms with E-state index in [0.29, 0.717) is 31.5 Å². The van der Waals surface area contributed by atoms with Gasteiger partial charge in [0.1, 0.15) is 0 Å². The number of ether oxygens (including phenoxy) is 1. The molecule has 1 aliphatic rings. The van der Waals surface area contributed by atoms with Crippen molar-refractivity contribution in [2.45, 2.75) is 37.2 Å². The van der Waals surface area contributed by atoms with E-state index in [1.807, 2.05) is 56.3 Å². The van der Waals surface area contributed by atoms with E-state index in [1.165, 1.54) is 11.8 Å². The first kappa shape index (κ1) is 24.8. The zero-order chi connectivity index (χ0) is 24.6. The van der Waals surface area contributed by atoms with Crippen LogP contribution in [0.5, 0.6) is 0 Å². The maximum absolute atomic E-state index is 13.5. The van der Waals surface area contributed by atoms with Crippen molar-refractivity contribution in [2.24, 2.45) is 0 Å². The van der Waals surface area contributed by atoms with Crippen LogP contribution in [-0.4, -0.2) is 58.8 Å². The number of benzene rings is 2. The van der Waals surface area contributed by atoms with E-state index < -0.39 is 5.25 Å². The Hall–Kier alpha value is -3.35. The van der Waals surface area contributed by atoms with Crippen LogP contribution in [0.25, 0.3) is 0 Å². The predicted molar refractivity (Wildman–Crippen MR) is 138 cm³/mol.